The molecule has 3 aromatic rings. The molecule has 26 heavy (non-hydrogen) atoms. The molecule has 3 aromatic carbocycles. The molecule has 1 atom stereocenters. The SMILES string of the molecule is COC(=O)c1ccc2c(c1)C(NC(=O)c1cccc3ccccc13)CC2. The average Bonchev–Trinajstić information content (AvgIpc) is 3.08. The normalized spacial score (nSPS) is 15.5. The Bertz CT molecular complexity index is 1000. The van der Waals surface area contributed by atoms with Gasteiger partial charge in [-0.15, -0.1) is 0 Å². The van der Waals surface area contributed by atoms with E-state index in [0.717, 1.165) is 29.2 Å². The smallest absolute Gasteiger partial charge is 0.337 e. The predicted molar refractivity (Wildman–Crippen MR) is 100 cm³/mol. The van der Waals surface area contributed by atoms with Gasteiger partial charge in [0, 0.05) is 5.56 Å². The van der Waals surface area contributed by atoms with Crippen molar-refractivity contribution >= 4 is 22.6 Å². The molecule has 1 aliphatic rings. The van der Waals surface area contributed by atoms with Gasteiger partial charge in [0.1, 0.15) is 0 Å². The van der Waals surface area contributed by atoms with E-state index in [2.05, 4.69) is 5.32 Å². The van der Waals surface area contributed by atoms with Crippen LogP contribution in [0.4, 0.5) is 0 Å². The maximum absolute atomic E-state index is 12.9. The Kier molecular flexibility index (Phi) is 4.17. The standard InChI is InChI=1S/C22H19NO3/c1-26-22(25)16-10-9-15-11-12-20(19(15)13-16)23-21(24)18-8-4-6-14-5-2-3-7-17(14)18/h2-10,13,20H,11-12H2,1H3,(H,23,24). The van der Waals surface area contributed by atoms with E-state index >= 15 is 0 Å². The number of amides is 1. The van der Waals surface area contributed by atoms with Crippen molar-refractivity contribution in [3.8, 4) is 0 Å². The minimum Gasteiger partial charge on any atom is -0.465 e. The molecule has 4 nitrogen and oxygen atoms in total. The first-order chi connectivity index (χ1) is 12.7. The van der Waals surface area contributed by atoms with E-state index in [0.29, 0.717) is 11.1 Å². The molecule has 0 aromatic heterocycles. The maximum Gasteiger partial charge on any atom is 0.337 e. The summed E-state index contributed by atoms with van der Waals surface area (Å²) < 4.78 is 4.80. The van der Waals surface area contributed by atoms with E-state index in [-0.39, 0.29) is 17.9 Å². The lowest BCUT2D eigenvalue weighted by atomic mass is 10.0. The molecule has 1 unspecified atom stereocenters. The fraction of sp³-hybridized carbons (Fsp3) is 0.182. The van der Waals surface area contributed by atoms with Crippen LogP contribution in [-0.4, -0.2) is 19.0 Å². The fourth-order valence-electron chi connectivity index (χ4n) is 3.66. The molecule has 0 aliphatic heterocycles. The highest BCUT2D eigenvalue weighted by Crippen LogP contribution is 2.32. The van der Waals surface area contributed by atoms with Gasteiger partial charge in [-0.3, -0.25) is 4.79 Å². The molecule has 4 rings (SSSR count). The van der Waals surface area contributed by atoms with Crippen LogP contribution in [0.25, 0.3) is 10.8 Å². The lowest BCUT2D eigenvalue weighted by molar-refractivity contribution is 0.0600. The number of benzene rings is 3. The van der Waals surface area contributed by atoms with E-state index < -0.39 is 0 Å². The van der Waals surface area contributed by atoms with Gasteiger partial charge >= 0.3 is 5.97 Å². The predicted octanol–water partition coefficient (Wildman–Crippen LogP) is 4.04. The summed E-state index contributed by atoms with van der Waals surface area (Å²) in [6.45, 7) is 0. The molecule has 0 spiro atoms. The number of aryl methyl sites for hydroxylation is 1. The van der Waals surface area contributed by atoms with Crippen molar-refractivity contribution in [2.45, 2.75) is 18.9 Å². The zero-order valence-electron chi connectivity index (χ0n) is 14.5. The number of ether oxygens (including phenoxy) is 1. The second-order valence-electron chi connectivity index (χ2n) is 6.50. The summed E-state index contributed by atoms with van der Waals surface area (Å²) >= 11 is 0. The zero-order chi connectivity index (χ0) is 18.1. The fourth-order valence-corrected chi connectivity index (χ4v) is 3.66. The summed E-state index contributed by atoms with van der Waals surface area (Å²) in [6, 6.07) is 19.1. The van der Waals surface area contributed by atoms with Crippen LogP contribution in [0.5, 0.6) is 0 Å². The van der Waals surface area contributed by atoms with Crippen molar-refractivity contribution in [3.63, 3.8) is 0 Å². The number of hydrogen-bond acceptors (Lipinski definition) is 3. The number of nitrogens with one attached hydrogen (secondary N) is 1. The summed E-state index contributed by atoms with van der Waals surface area (Å²) in [7, 11) is 1.37. The third-order valence-electron chi connectivity index (χ3n) is 4.98. The van der Waals surface area contributed by atoms with Crippen LogP contribution in [0.2, 0.25) is 0 Å². The van der Waals surface area contributed by atoms with Crippen LogP contribution in [0.15, 0.2) is 60.7 Å². The van der Waals surface area contributed by atoms with E-state index in [1.54, 1.807) is 6.07 Å². The van der Waals surface area contributed by atoms with Crippen LogP contribution >= 0.6 is 0 Å². The van der Waals surface area contributed by atoms with E-state index in [4.69, 9.17) is 4.74 Å². The van der Waals surface area contributed by atoms with Gasteiger partial charge in [-0.25, -0.2) is 4.79 Å². The Labute approximate surface area is 151 Å². The van der Waals surface area contributed by atoms with Crippen LogP contribution in [0, 0.1) is 0 Å². The highest BCUT2D eigenvalue weighted by atomic mass is 16.5. The largest absolute Gasteiger partial charge is 0.465 e. The van der Waals surface area contributed by atoms with Gasteiger partial charge in [-0.1, -0.05) is 42.5 Å². The Morgan fingerprint density at radius 1 is 1.04 bits per heavy atom. The monoisotopic (exact) mass is 345 g/mol. The van der Waals surface area contributed by atoms with Gasteiger partial charge in [0.15, 0.2) is 0 Å². The molecule has 1 N–H and O–H groups in total. The Morgan fingerprint density at radius 3 is 2.69 bits per heavy atom. The van der Waals surface area contributed by atoms with Crippen LogP contribution < -0.4 is 5.32 Å². The molecule has 0 fully saturated rings. The Hall–Kier alpha value is -3.14. The Morgan fingerprint density at radius 2 is 1.85 bits per heavy atom. The quantitative estimate of drug-likeness (QED) is 0.729. The highest BCUT2D eigenvalue weighted by molar-refractivity contribution is 6.07. The highest BCUT2D eigenvalue weighted by Gasteiger charge is 2.26. The zero-order valence-corrected chi connectivity index (χ0v) is 14.5. The van der Waals surface area contributed by atoms with Gasteiger partial charge < -0.3 is 10.1 Å². The summed E-state index contributed by atoms with van der Waals surface area (Å²) in [5, 5.41) is 5.12. The molecule has 0 saturated carbocycles. The second kappa shape index (κ2) is 6.64. The number of carbonyl (C=O) groups is 2. The molecule has 4 heteroatoms. The molecule has 0 radical (unpaired) electrons. The van der Waals surface area contributed by atoms with E-state index in [1.165, 1.54) is 12.7 Å². The van der Waals surface area contributed by atoms with Gasteiger partial charge in [0.05, 0.1) is 18.7 Å². The first kappa shape index (κ1) is 16.3. The average molecular weight is 345 g/mol. The third kappa shape index (κ3) is 2.84. The van der Waals surface area contributed by atoms with Gasteiger partial charge in [-0.2, -0.15) is 0 Å². The number of fused-ring (bicyclic) bond motifs is 2. The van der Waals surface area contributed by atoms with Crippen molar-refractivity contribution < 1.29 is 14.3 Å². The van der Waals surface area contributed by atoms with E-state index in [1.807, 2.05) is 54.6 Å². The molecular weight excluding hydrogens is 326 g/mol. The first-order valence-electron chi connectivity index (χ1n) is 8.67. The maximum atomic E-state index is 12.9. The lowest BCUT2D eigenvalue weighted by Crippen LogP contribution is -2.27. The molecule has 0 saturated heterocycles. The Balaban J connectivity index is 1.63. The van der Waals surface area contributed by atoms with Crippen molar-refractivity contribution in [2.75, 3.05) is 7.11 Å². The molecule has 1 amide bonds. The van der Waals surface area contributed by atoms with Gasteiger partial charge in [0.2, 0.25) is 0 Å². The summed E-state index contributed by atoms with van der Waals surface area (Å²) in [5.41, 5.74) is 3.35. The minimum atomic E-state index is -0.362. The van der Waals surface area contributed by atoms with Crippen molar-refractivity contribution in [2.24, 2.45) is 0 Å². The summed E-state index contributed by atoms with van der Waals surface area (Å²) in [5.74, 6) is -0.457. The first-order valence-corrected chi connectivity index (χ1v) is 8.67. The van der Waals surface area contributed by atoms with Crippen LogP contribution in [0.3, 0.4) is 0 Å². The van der Waals surface area contributed by atoms with Crippen molar-refractivity contribution in [1.82, 2.24) is 5.32 Å². The van der Waals surface area contributed by atoms with Gasteiger partial charge in [0.25, 0.3) is 5.91 Å². The molecule has 0 heterocycles. The van der Waals surface area contributed by atoms with E-state index in [9.17, 15) is 9.59 Å². The number of carbonyl (C=O) groups excluding carboxylic acids is 2. The van der Waals surface area contributed by atoms with Crippen LogP contribution in [-0.2, 0) is 11.2 Å². The number of rotatable bonds is 3. The summed E-state index contributed by atoms with van der Waals surface area (Å²) in [6.07, 6.45) is 1.72. The summed E-state index contributed by atoms with van der Waals surface area (Å²) in [4.78, 5) is 24.7. The van der Waals surface area contributed by atoms with Crippen molar-refractivity contribution in [1.29, 1.82) is 0 Å². The molecule has 130 valence electrons. The third-order valence-corrected chi connectivity index (χ3v) is 4.98. The van der Waals surface area contributed by atoms with Crippen LogP contribution in [0.1, 0.15) is 44.3 Å². The lowest BCUT2D eigenvalue weighted by Gasteiger charge is -2.16. The number of esters is 1. The molecular formula is C22H19NO3. The number of methoxy groups -OCH3 is 1. The topological polar surface area (TPSA) is 55.4 Å². The molecule has 0 bridgehead atoms. The van der Waals surface area contributed by atoms with Gasteiger partial charge in [-0.05, 0) is 52.9 Å². The number of hydrogen-bond donors (Lipinski definition) is 1. The second-order valence-corrected chi connectivity index (χ2v) is 6.50. The molecule has 1 aliphatic carbocycles. The minimum absolute atomic E-state index is 0.0943. The van der Waals surface area contributed by atoms with Crippen molar-refractivity contribution in [3.05, 3.63) is 82.9 Å².